The van der Waals surface area contributed by atoms with Crippen LogP contribution >= 0.6 is 24.0 Å². The van der Waals surface area contributed by atoms with Gasteiger partial charge in [0.2, 0.25) is 5.91 Å². The fraction of sp³-hybridized carbons (Fsp3) is 0.478. The number of likely N-dealkylation sites (tertiary alicyclic amines) is 1. The minimum absolute atomic E-state index is 0. The molecule has 1 aliphatic heterocycles. The summed E-state index contributed by atoms with van der Waals surface area (Å²) in [6.07, 6.45) is 5.42. The molecular formula is C23H34IN5O2. The second-order valence-corrected chi connectivity index (χ2v) is 7.59. The molecule has 3 N–H and O–H groups in total. The van der Waals surface area contributed by atoms with Gasteiger partial charge in [-0.3, -0.25) is 14.7 Å². The lowest BCUT2D eigenvalue weighted by Crippen LogP contribution is -2.50. The number of amides is 1. The number of halogens is 1. The fourth-order valence-electron chi connectivity index (χ4n) is 3.57. The smallest absolute Gasteiger partial charge is 0.233 e. The summed E-state index contributed by atoms with van der Waals surface area (Å²) in [6.45, 7) is 3.79. The monoisotopic (exact) mass is 539 g/mol. The fourth-order valence-corrected chi connectivity index (χ4v) is 3.57. The lowest BCUT2D eigenvalue weighted by Gasteiger charge is -2.32. The van der Waals surface area contributed by atoms with Crippen molar-refractivity contribution in [2.75, 3.05) is 39.8 Å². The van der Waals surface area contributed by atoms with Crippen molar-refractivity contribution >= 4 is 35.8 Å². The van der Waals surface area contributed by atoms with Crippen LogP contribution in [0.25, 0.3) is 0 Å². The normalized spacial score (nSPS) is 15.2. The van der Waals surface area contributed by atoms with Gasteiger partial charge in [-0.05, 0) is 37.0 Å². The molecule has 0 spiro atoms. The van der Waals surface area contributed by atoms with Gasteiger partial charge in [0.05, 0.1) is 12.8 Å². The summed E-state index contributed by atoms with van der Waals surface area (Å²) in [5.74, 6) is 1.87. The first kappa shape index (κ1) is 25.2. The van der Waals surface area contributed by atoms with Gasteiger partial charge in [0.1, 0.15) is 5.76 Å². The zero-order chi connectivity index (χ0) is 21.0. The number of nitrogens with zero attached hydrogens (tertiary/aromatic N) is 2. The number of aliphatic imine (C=N–C) groups is 1. The van der Waals surface area contributed by atoms with Gasteiger partial charge in [-0.2, -0.15) is 0 Å². The van der Waals surface area contributed by atoms with Crippen LogP contribution in [-0.2, 0) is 17.6 Å². The van der Waals surface area contributed by atoms with E-state index in [2.05, 4.69) is 45.1 Å². The molecule has 31 heavy (non-hydrogen) atoms. The number of piperidine rings is 1. The van der Waals surface area contributed by atoms with Crippen molar-refractivity contribution in [2.45, 2.75) is 31.7 Å². The minimum Gasteiger partial charge on any atom is -0.469 e. The van der Waals surface area contributed by atoms with Gasteiger partial charge in [-0.25, -0.2) is 0 Å². The van der Waals surface area contributed by atoms with E-state index in [1.165, 1.54) is 5.56 Å². The summed E-state index contributed by atoms with van der Waals surface area (Å²) in [4.78, 5) is 18.5. The van der Waals surface area contributed by atoms with Crippen molar-refractivity contribution in [3.63, 3.8) is 0 Å². The Hall–Kier alpha value is -2.07. The maximum Gasteiger partial charge on any atom is 0.233 e. The van der Waals surface area contributed by atoms with Crippen LogP contribution in [0.2, 0.25) is 0 Å². The number of likely N-dealkylation sites (N-methyl/N-ethyl adjacent to an activating group) is 1. The second kappa shape index (κ2) is 14.1. The van der Waals surface area contributed by atoms with E-state index < -0.39 is 0 Å². The van der Waals surface area contributed by atoms with Crippen LogP contribution < -0.4 is 16.0 Å². The third-order valence-corrected chi connectivity index (χ3v) is 5.33. The number of furan rings is 1. The van der Waals surface area contributed by atoms with E-state index >= 15 is 0 Å². The van der Waals surface area contributed by atoms with Gasteiger partial charge in [-0.15, -0.1) is 24.0 Å². The average Bonchev–Trinajstić information content (AvgIpc) is 3.29. The average molecular weight is 539 g/mol. The first-order valence-electron chi connectivity index (χ1n) is 10.8. The maximum absolute atomic E-state index is 11.6. The molecule has 0 aliphatic carbocycles. The van der Waals surface area contributed by atoms with E-state index in [0.29, 0.717) is 19.1 Å². The van der Waals surface area contributed by atoms with E-state index in [1.54, 1.807) is 13.3 Å². The van der Waals surface area contributed by atoms with Crippen LogP contribution in [0, 0.1) is 0 Å². The molecule has 1 aromatic heterocycles. The molecule has 0 radical (unpaired) electrons. The molecule has 1 fully saturated rings. The summed E-state index contributed by atoms with van der Waals surface area (Å²) in [6, 6.07) is 14.7. The summed E-state index contributed by atoms with van der Waals surface area (Å²) in [5.41, 5.74) is 1.31. The van der Waals surface area contributed by atoms with Gasteiger partial charge >= 0.3 is 0 Å². The molecule has 1 aromatic carbocycles. The van der Waals surface area contributed by atoms with Crippen LogP contribution in [0.3, 0.4) is 0 Å². The number of carbonyl (C=O) groups excluding carboxylic acids is 1. The number of rotatable bonds is 9. The Morgan fingerprint density at radius 2 is 1.90 bits per heavy atom. The topological polar surface area (TPSA) is 81.9 Å². The third kappa shape index (κ3) is 9.30. The summed E-state index contributed by atoms with van der Waals surface area (Å²) >= 11 is 0. The molecule has 1 aliphatic rings. The Morgan fingerprint density at radius 1 is 1.13 bits per heavy atom. The van der Waals surface area contributed by atoms with Crippen LogP contribution in [0.1, 0.15) is 24.2 Å². The molecule has 0 bridgehead atoms. The number of nitrogens with one attached hydrogen (secondary N) is 3. The molecule has 2 heterocycles. The number of hydrogen-bond acceptors (Lipinski definition) is 4. The molecule has 0 saturated carbocycles. The Balaban J connectivity index is 0.00000341. The predicted octanol–water partition coefficient (Wildman–Crippen LogP) is 2.43. The number of benzene rings is 1. The SMILES string of the molecule is CNC(=O)CN1CCC(NC(=NCCc2ccco2)NCCc2ccccc2)CC1.I. The number of guanidine groups is 1. The van der Waals surface area contributed by atoms with Crippen molar-refractivity contribution in [3.05, 3.63) is 60.1 Å². The Labute approximate surface area is 202 Å². The van der Waals surface area contributed by atoms with E-state index in [0.717, 1.165) is 57.0 Å². The molecule has 1 amide bonds. The van der Waals surface area contributed by atoms with Crippen molar-refractivity contribution in [1.29, 1.82) is 0 Å². The largest absolute Gasteiger partial charge is 0.469 e. The van der Waals surface area contributed by atoms with Crippen LogP contribution in [0.15, 0.2) is 58.1 Å². The van der Waals surface area contributed by atoms with Gasteiger partial charge < -0.3 is 20.4 Å². The molecule has 1 saturated heterocycles. The predicted molar refractivity (Wildman–Crippen MR) is 135 cm³/mol. The standard InChI is InChI=1S/C23H33N5O2.HI/c1-24-22(29)18-28-15-11-20(12-16-28)27-23(26-14-10-21-8-5-17-30-21)25-13-9-19-6-3-2-4-7-19;/h2-8,17,20H,9-16,18H2,1H3,(H,24,29)(H2,25,26,27);1H. The van der Waals surface area contributed by atoms with Crippen LogP contribution in [0.4, 0.5) is 0 Å². The summed E-state index contributed by atoms with van der Waals surface area (Å²) in [7, 11) is 1.68. The quantitative estimate of drug-likeness (QED) is 0.259. The Kier molecular flexibility index (Phi) is 11.4. The molecule has 7 nitrogen and oxygen atoms in total. The Morgan fingerprint density at radius 3 is 2.58 bits per heavy atom. The molecule has 3 rings (SSSR count). The van der Waals surface area contributed by atoms with Crippen molar-refractivity contribution in [3.8, 4) is 0 Å². The Bertz CT molecular complexity index is 775. The van der Waals surface area contributed by atoms with E-state index in [1.807, 2.05) is 18.2 Å². The highest BCUT2D eigenvalue weighted by Crippen LogP contribution is 2.10. The van der Waals surface area contributed by atoms with Crippen LogP contribution in [0.5, 0.6) is 0 Å². The highest BCUT2D eigenvalue weighted by Gasteiger charge is 2.21. The van der Waals surface area contributed by atoms with Gasteiger partial charge in [0, 0.05) is 45.7 Å². The molecule has 0 atom stereocenters. The minimum atomic E-state index is 0. The van der Waals surface area contributed by atoms with Crippen molar-refractivity contribution in [1.82, 2.24) is 20.9 Å². The molecule has 170 valence electrons. The third-order valence-electron chi connectivity index (χ3n) is 5.33. The van der Waals surface area contributed by atoms with Crippen LogP contribution in [-0.4, -0.2) is 62.6 Å². The van der Waals surface area contributed by atoms with Crippen molar-refractivity contribution in [2.24, 2.45) is 4.99 Å². The number of hydrogen-bond donors (Lipinski definition) is 3. The zero-order valence-corrected chi connectivity index (χ0v) is 20.5. The molecule has 0 unspecified atom stereocenters. The van der Waals surface area contributed by atoms with E-state index in [9.17, 15) is 4.79 Å². The first-order valence-corrected chi connectivity index (χ1v) is 10.8. The van der Waals surface area contributed by atoms with Gasteiger partial charge in [0.15, 0.2) is 5.96 Å². The zero-order valence-electron chi connectivity index (χ0n) is 18.2. The number of carbonyl (C=O) groups is 1. The lowest BCUT2D eigenvalue weighted by atomic mass is 10.1. The highest BCUT2D eigenvalue weighted by atomic mass is 127. The maximum atomic E-state index is 11.6. The molecule has 8 heteroatoms. The summed E-state index contributed by atoms with van der Waals surface area (Å²) in [5, 5.41) is 9.76. The van der Waals surface area contributed by atoms with Crippen molar-refractivity contribution < 1.29 is 9.21 Å². The lowest BCUT2D eigenvalue weighted by molar-refractivity contribution is -0.122. The summed E-state index contributed by atoms with van der Waals surface area (Å²) < 4.78 is 5.41. The molecular weight excluding hydrogens is 505 g/mol. The van der Waals surface area contributed by atoms with Gasteiger partial charge in [-0.1, -0.05) is 30.3 Å². The van der Waals surface area contributed by atoms with E-state index in [-0.39, 0.29) is 29.9 Å². The first-order chi connectivity index (χ1) is 14.7. The highest BCUT2D eigenvalue weighted by molar-refractivity contribution is 14.0. The van der Waals surface area contributed by atoms with Gasteiger partial charge in [0.25, 0.3) is 0 Å². The second-order valence-electron chi connectivity index (χ2n) is 7.59. The van der Waals surface area contributed by atoms with E-state index in [4.69, 9.17) is 9.41 Å². The molecule has 2 aromatic rings.